The fraction of sp³-hybridized carbons (Fsp3) is 0. The summed E-state index contributed by atoms with van der Waals surface area (Å²) >= 11 is 2.14. The van der Waals surface area contributed by atoms with Crippen molar-refractivity contribution in [2.45, 2.75) is 0 Å². The van der Waals surface area contributed by atoms with E-state index in [4.69, 9.17) is 5.73 Å². The Balaban J connectivity index is 2.90. The van der Waals surface area contributed by atoms with Gasteiger partial charge in [0.1, 0.15) is 11.0 Å². The van der Waals surface area contributed by atoms with Crippen LogP contribution in [0, 0.1) is 3.70 Å². The molecule has 0 spiro atoms. The lowest BCUT2D eigenvalue weighted by molar-refractivity contribution is 0.902. The molecule has 2 rings (SSSR count). The van der Waals surface area contributed by atoms with Crippen LogP contribution in [0.25, 0.3) is 11.0 Å². The molecule has 0 aliphatic carbocycles. The molecule has 0 radical (unpaired) electrons. The fourth-order valence-electron chi connectivity index (χ4n) is 0.855. The Kier molecular flexibility index (Phi) is 1.41. The number of nitrogens with two attached hydrogens (primary N) is 1. The lowest BCUT2D eigenvalue weighted by Gasteiger charge is -1.89. The molecular weight excluding hydrogens is 257 g/mol. The smallest absolute Gasteiger partial charge is 0.173 e. The van der Waals surface area contributed by atoms with Crippen molar-refractivity contribution in [3.8, 4) is 0 Å². The van der Waals surface area contributed by atoms with Crippen molar-refractivity contribution >= 4 is 39.4 Å². The minimum Gasteiger partial charge on any atom is -0.380 e. The molecule has 0 fully saturated rings. The number of anilines is 1. The Morgan fingerprint density at radius 3 is 3.00 bits per heavy atom. The maximum absolute atomic E-state index is 5.52. The molecule has 0 aliphatic rings. The quantitative estimate of drug-likeness (QED) is 0.678. The third kappa shape index (κ3) is 1.02. The van der Waals surface area contributed by atoms with Crippen LogP contribution in [0.15, 0.2) is 6.07 Å². The maximum atomic E-state index is 5.52. The lowest BCUT2D eigenvalue weighted by Crippen LogP contribution is -1.95. The zero-order chi connectivity index (χ0) is 7.84. The first-order valence-corrected chi connectivity index (χ1v) is 3.98. The van der Waals surface area contributed by atoms with Crippen molar-refractivity contribution in [1.29, 1.82) is 0 Å². The standard InChI is InChI=1S/C5H4IN5/c6-3-1-2-4(8-3)5(7)10-11-9-2/h1,8H,(H2,7,9,10). The van der Waals surface area contributed by atoms with Gasteiger partial charge in [0.05, 0.1) is 3.70 Å². The molecule has 0 saturated carbocycles. The number of H-pyrrole nitrogens is 1. The molecule has 0 bridgehead atoms. The number of aromatic amines is 1. The first kappa shape index (κ1) is 6.77. The predicted molar refractivity (Wildman–Crippen MR) is 48.8 cm³/mol. The Hall–Kier alpha value is -0.920. The molecule has 0 saturated heterocycles. The van der Waals surface area contributed by atoms with Crippen molar-refractivity contribution in [1.82, 2.24) is 20.4 Å². The first-order chi connectivity index (χ1) is 5.27. The largest absolute Gasteiger partial charge is 0.380 e. The van der Waals surface area contributed by atoms with Crippen LogP contribution in [0.2, 0.25) is 0 Å². The summed E-state index contributed by atoms with van der Waals surface area (Å²) in [7, 11) is 0. The average Bonchev–Trinajstić information content (AvgIpc) is 2.31. The molecule has 6 heteroatoms. The number of hydrogen-bond acceptors (Lipinski definition) is 4. The number of rotatable bonds is 0. The summed E-state index contributed by atoms with van der Waals surface area (Å²) in [5.41, 5.74) is 7.03. The molecule has 56 valence electrons. The highest BCUT2D eigenvalue weighted by molar-refractivity contribution is 14.1. The Morgan fingerprint density at radius 2 is 2.27 bits per heavy atom. The van der Waals surface area contributed by atoms with Gasteiger partial charge < -0.3 is 10.7 Å². The van der Waals surface area contributed by atoms with Gasteiger partial charge in [-0.3, -0.25) is 0 Å². The van der Waals surface area contributed by atoms with Gasteiger partial charge in [-0.25, -0.2) is 0 Å². The van der Waals surface area contributed by atoms with Gasteiger partial charge in [-0.15, -0.1) is 10.2 Å². The molecule has 2 aromatic rings. The van der Waals surface area contributed by atoms with Gasteiger partial charge in [-0.1, -0.05) is 0 Å². The number of nitrogen functional groups attached to an aromatic ring is 1. The highest BCUT2D eigenvalue weighted by Gasteiger charge is 2.03. The van der Waals surface area contributed by atoms with E-state index in [2.05, 4.69) is 43.0 Å². The molecule has 11 heavy (non-hydrogen) atoms. The summed E-state index contributed by atoms with van der Waals surface area (Å²) in [4.78, 5) is 3.02. The Labute approximate surface area is 75.5 Å². The molecule has 5 nitrogen and oxygen atoms in total. The summed E-state index contributed by atoms with van der Waals surface area (Å²) in [6, 6.07) is 1.86. The van der Waals surface area contributed by atoms with Crippen molar-refractivity contribution < 1.29 is 0 Å². The van der Waals surface area contributed by atoms with Crippen LogP contribution in [-0.4, -0.2) is 20.4 Å². The monoisotopic (exact) mass is 261 g/mol. The SMILES string of the molecule is Nc1nnnc2cc(I)[nH]c12. The lowest BCUT2D eigenvalue weighted by atomic mass is 10.4. The van der Waals surface area contributed by atoms with E-state index in [1.807, 2.05) is 6.07 Å². The van der Waals surface area contributed by atoms with Gasteiger partial charge in [0.2, 0.25) is 0 Å². The zero-order valence-electron chi connectivity index (χ0n) is 5.37. The number of hydrogen-bond donors (Lipinski definition) is 2. The van der Waals surface area contributed by atoms with Crippen LogP contribution < -0.4 is 5.73 Å². The molecule has 2 heterocycles. The van der Waals surface area contributed by atoms with Crippen LogP contribution in [-0.2, 0) is 0 Å². The zero-order valence-corrected chi connectivity index (χ0v) is 7.53. The van der Waals surface area contributed by atoms with E-state index in [1.54, 1.807) is 0 Å². The van der Waals surface area contributed by atoms with Gasteiger partial charge in [0, 0.05) is 0 Å². The Morgan fingerprint density at radius 1 is 1.45 bits per heavy atom. The number of aromatic nitrogens is 4. The summed E-state index contributed by atoms with van der Waals surface area (Å²) < 4.78 is 0.978. The van der Waals surface area contributed by atoms with E-state index in [1.165, 1.54) is 0 Å². The predicted octanol–water partition coefficient (Wildman–Crippen LogP) is 0.540. The minimum absolute atomic E-state index is 0.387. The minimum atomic E-state index is 0.387. The van der Waals surface area contributed by atoms with Gasteiger partial charge in [-0.05, 0) is 33.9 Å². The van der Waals surface area contributed by atoms with E-state index < -0.39 is 0 Å². The van der Waals surface area contributed by atoms with Crippen molar-refractivity contribution in [2.75, 3.05) is 5.73 Å². The summed E-state index contributed by atoms with van der Waals surface area (Å²) in [6.45, 7) is 0. The molecule has 0 amide bonds. The second-order valence-electron chi connectivity index (χ2n) is 2.05. The summed E-state index contributed by atoms with van der Waals surface area (Å²) in [5, 5.41) is 10.9. The van der Waals surface area contributed by atoms with Crippen LogP contribution >= 0.6 is 22.6 Å². The third-order valence-corrected chi connectivity index (χ3v) is 1.91. The van der Waals surface area contributed by atoms with Gasteiger partial charge in [-0.2, -0.15) is 0 Å². The topological polar surface area (TPSA) is 80.5 Å². The average molecular weight is 261 g/mol. The van der Waals surface area contributed by atoms with Crippen LogP contribution in [0.4, 0.5) is 5.82 Å². The van der Waals surface area contributed by atoms with Crippen LogP contribution in [0.1, 0.15) is 0 Å². The van der Waals surface area contributed by atoms with E-state index in [0.29, 0.717) is 5.82 Å². The van der Waals surface area contributed by atoms with Crippen molar-refractivity contribution in [3.05, 3.63) is 9.77 Å². The summed E-state index contributed by atoms with van der Waals surface area (Å²) in [6.07, 6.45) is 0. The molecule has 0 atom stereocenters. The fourth-order valence-corrected chi connectivity index (χ4v) is 1.42. The normalized spacial score (nSPS) is 10.6. The number of halogens is 1. The second-order valence-corrected chi connectivity index (χ2v) is 3.21. The van der Waals surface area contributed by atoms with E-state index >= 15 is 0 Å². The Bertz CT molecular complexity index is 395. The van der Waals surface area contributed by atoms with E-state index in [0.717, 1.165) is 14.7 Å². The second kappa shape index (κ2) is 2.29. The highest BCUT2D eigenvalue weighted by Crippen LogP contribution is 2.16. The van der Waals surface area contributed by atoms with Crippen LogP contribution in [0.3, 0.4) is 0 Å². The molecule has 0 unspecified atom stereocenters. The highest BCUT2D eigenvalue weighted by atomic mass is 127. The van der Waals surface area contributed by atoms with Crippen molar-refractivity contribution in [2.24, 2.45) is 0 Å². The molecule has 0 aromatic carbocycles. The third-order valence-electron chi connectivity index (χ3n) is 1.33. The molecular formula is C5H4IN5. The number of nitrogens with one attached hydrogen (secondary N) is 1. The van der Waals surface area contributed by atoms with Gasteiger partial charge >= 0.3 is 0 Å². The first-order valence-electron chi connectivity index (χ1n) is 2.90. The maximum Gasteiger partial charge on any atom is 0.173 e. The van der Waals surface area contributed by atoms with E-state index in [9.17, 15) is 0 Å². The molecule has 3 N–H and O–H groups in total. The van der Waals surface area contributed by atoms with Gasteiger partial charge in [0.15, 0.2) is 5.82 Å². The molecule has 2 aromatic heterocycles. The van der Waals surface area contributed by atoms with Gasteiger partial charge in [0.25, 0.3) is 0 Å². The molecule has 0 aliphatic heterocycles. The summed E-state index contributed by atoms with van der Waals surface area (Å²) in [5.74, 6) is 0.387. The number of fused-ring (bicyclic) bond motifs is 1. The van der Waals surface area contributed by atoms with Crippen LogP contribution in [0.5, 0.6) is 0 Å². The van der Waals surface area contributed by atoms with E-state index in [-0.39, 0.29) is 0 Å². The number of nitrogens with zero attached hydrogens (tertiary/aromatic N) is 3. The van der Waals surface area contributed by atoms with Crippen molar-refractivity contribution in [3.63, 3.8) is 0 Å².